The SMILES string of the molecule is COc1cc(C=NOCc2ccccc2)c([N+](=O)[O-])cc1OC. The minimum Gasteiger partial charge on any atom is -0.493 e. The molecule has 0 N–H and O–H groups in total. The number of benzene rings is 2. The summed E-state index contributed by atoms with van der Waals surface area (Å²) in [4.78, 5) is 15.8. The fourth-order valence-electron chi connectivity index (χ4n) is 1.93. The highest BCUT2D eigenvalue weighted by molar-refractivity contribution is 5.86. The summed E-state index contributed by atoms with van der Waals surface area (Å²) in [6, 6.07) is 12.2. The Morgan fingerprint density at radius 2 is 1.78 bits per heavy atom. The average Bonchev–Trinajstić information content (AvgIpc) is 2.58. The molecular weight excluding hydrogens is 300 g/mol. The van der Waals surface area contributed by atoms with Crippen LogP contribution < -0.4 is 9.47 Å². The van der Waals surface area contributed by atoms with Gasteiger partial charge in [-0.25, -0.2) is 0 Å². The number of nitro benzene ring substituents is 1. The molecule has 0 saturated carbocycles. The van der Waals surface area contributed by atoms with Gasteiger partial charge in [0.25, 0.3) is 5.69 Å². The second kappa shape index (κ2) is 7.79. The number of hydrogen-bond acceptors (Lipinski definition) is 6. The van der Waals surface area contributed by atoms with Gasteiger partial charge in [-0.15, -0.1) is 0 Å². The molecule has 0 aliphatic carbocycles. The summed E-state index contributed by atoms with van der Waals surface area (Å²) in [5.41, 5.74) is 1.07. The Labute approximate surface area is 133 Å². The van der Waals surface area contributed by atoms with E-state index >= 15 is 0 Å². The largest absolute Gasteiger partial charge is 0.493 e. The molecule has 0 aliphatic heterocycles. The molecular formula is C16H16N2O5. The summed E-state index contributed by atoms with van der Waals surface area (Å²) in [6.07, 6.45) is 1.28. The second-order valence-electron chi connectivity index (χ2n) is 4.52. The molecule has 7 heteroatoms. The van der Waals surface area contributed by atoms with Crippen LogP contribution in [0.2, 0.25) is 0 Å². The number of nitrogens with zero attached hydrogens (tertiary/aromatic N) is 2. The van der Waals surface area contributed by atoms with Crippen LogP contribution in [0.3, 0.4) is 0 Å². The monoisotopic (exact) mass is 316 g/mol. The van der Waals surface area contributed by atoms with Gasteiger partial charge in [-0.3, -0.25) is 10.1 Å². The van der Waals surface area contributed by atoms with E-state index in [1.807, 2.05) is 30.3 Å². The lowest BCUT2D eigenvalue weighted by Gasteiger charge is -2.08. The van der Waals surface area contributed by atoms with Crippen LogP contribution in [-0.2, 0) is 11.4 Å². The van der Waals surface area contributed by atoms with Gasteiger partial charge in [0.05, 0.1) is 37.0 Å². The van der Waals surface area contributed by atoms with Crippen molar-refractivity contribution in [3.63, 3.8) is 0 Å². The van der Waals surface area contributed by atoms with Crippen molar-refractivity contribution in [2.45, 2.75) is 6.61 Å². The minimum atomic E-state index is -0.513. The third kappa shape index (κ3) is 4.19. The Kier molecular flexibility index (Phi) is 5.51. The molecule has 0 amide bonds. The van der Waals surface area contributed by atoms with E-state index in [1.165, 1.54) is 32.6 Å². The predicted octanol–water partition coefficient (Wildman–Crippen LogP) is 3.16. The Hall–Kier alpha value is -3.09. The summed E-state index contributed by atoms with van der Waals surface area (Å²) in [5.74, 6) is 0.657. The van der Waals surface area contributed by atoms with Crippen LogP contribution in [0.4, 0.5) is 5.69 Å². The van der Waals surface area contributed by atoms with Gasteiger partial charge >= 0.3 is 0 Å². The number of methoxy groups -OCH3 is 2. The standard InChI is InChI=1S/C16H16N2O5/c1-21-15-8-13(14(18(19)20)9-16(15)22-2)10-17-23-11-12-6-4-3-5-7-12/h3-10H,11H2,1-2H3. The molecule has 2 aromatic carbocycles. The Morgan fingerprint density at radius 1 is 1.13 bits per heavy atom. The van der Waals surface area contributed by atoms with Gasteiger partial charge in [0.1, 0.15) is 6.61 Å². The first kappa shape index (κ1) is 16.3. The highest BCUT2D eigenvalue weighted by Crippen LogP contribution is 2.33. The number of nitro groups is 1. The van der Waals surface area contributed by atoms with Gasteiger partial charge in [0.2, 0.25) is 0 Å². The van der Waals surface area contributed by atoms with E-state index < -0.39 is 4.92 Å². The summed E-state index contributed by atoms with van der Waals surface area (Å²) in [7, 11) is 2.87. The maximum atomic E-state index is 11.2. The van der Waals surface area contributed by atoms with Gasteiger partial charge in [0, 0.05) is 0 Å². The van der Waals surface area contributed by atoms with Crippen molar-refractivity contribution >= 4 is 11.9 Å². The molecule has 0 saturated heterocycles. The molecule has 23 heavy (non-hydrogen) atoms. The van der Waals surface area contributed by atoms with Crippen molar-refractivity contribution in [2.75, 3.05) is 14.2 Å². The molecule has 2 aromatic rings. The lowest BCUT2D eigenvalue weighted by molar-refractivity contribution is -0.385. The molecule has 0 bridgehead atoms. The summed E-state index contributed by atoms with van der Waals surface area (Å²) >= 11 is 0. The Morgan fingerprint density at radius 3 is 2.39 bits per heavy atom. The predicted molar refractivity (Wildman–Crippen MR) is 85.0 cm³/mol. The highest BCUT2D eigenvalue weighted by atomic mass is 16.6. The fourth-order valence-corrected chi connectivity index (χ4v) is 1.93. The van der Waals surface area contributed by atoms with Gasteiger partial charge < -0.3 is 14.3 Å². The van der Waals surface area contributed by atoms with E-state index in [1.54, 1.807) is 0 Å². The number of hydrogen-bond donors (Lipinski definition) is 0. The summed E-state index contributed by atoms with van der Waals surface area (Å²) in [6.45, 7) is 0.276. The van der Waals surface area contributed by atoms with Crippen LogP contribution in [0.1, 0.15) is 11.1 Å². The van der Waals surface area contributed by atoms with Gasteiger partial charge in [-0.2, -0.15) is 0 Å². The Balaban J connectivity index is 2.17. The van der Waals surface area contributed by atoms with Crippen LogP contribution in [-0.4, -0.2) is 25.4 Å². The van der Waals surface area contributed by atoms with Crippen LogP contribution >= 0.6 is 0 Å². The first-order valence-electron chi connectivity index (χ1n) is 6.75. The van der Waals surface area contributed by atoms with Crippen LogP contribution in [0, 0.1) is 10.1 Å². The summed E-state index contributed by atoms with van der Waals surface area (Å²) < 4.78 is 10.2. The molecule has 0 fully saturated rings. The van der Waals surface area contributed by atoms with Crippen LogP contribution in [0.15, 0.2) is 47.6 Å². The quantitative estimate of drug-likeness (QED) is 0.445. The lowest BCUT2D eigenvalue weighted by atomic mass is 10.1. The third-order valence-electron chi connectivity index (χ3n) is 3.07. The van der Waals surface area contributed by atoms with Gasteiger partial charge in [-0.05, 0) is 11.6 Å². The number of ether oxygens (including phenoxy) is 2. The Bertz CT molecular complexity index is 701. The number of oxime groups is 1. The first-order valence-corrected chi connectivity index (χ1v) is 6.75. The molecule has 0 spiro atoms. The molecule has 0 heterocycles. The normalized spacial score (nSPS) is 10.5. The maximum Gasteiger partial charge on any atom is 0.282 e. The van der Waals surface area contributed by atoms with E-state index in [0.717, 1.165) is 5.56 Å². The van der Waals surface area contributed by atoms with Crippen molar-refractivity contribution in [3.05, 3.63) is 63.7 Å². The molecule has 0 unspecified atom stereocenters. The van der Waals surface area contributed by atoms with Crippen molar-refractivity contribution in [3.8, 4) is 11.5 Å². The van der Waals surface area contributed by atoms with E-state index in [0.29, 0.717) is 5.75 Å². The molecule has 0 aromatic heterocycles. The first-order chi connectivity index (χ1) is 11.2. The van der Waals surface area contributed by atoms with E-state index in [-0.39, 0.29) is 23.6 Å². The fraction of sp³-hybridized carbons (Fsp3) is 0.188. The third-order valence-corrected chi connectivity index (χ3v) is 3.07. The molecule has 0 aliphatic rings. The molecule has 0 radical (unpaired) electrons. The van der Waals surface area contributed by atoms with Gasteiger partial charge in [0.15, 0.2) is 11.5 Å². The average molecular weight is 316 g/mol. The topological polar surface area (TPSA) is 83.2 Å². The van der Waals surface area contributed by atoms with Crippen LogP contribution in [0.25, 0.3) is 0 Å². The second-order valence-corrected chi connectivity index (χ2v) is 4.52. The minimum absolute atomic E-state index is 0.144. The molecule has 2 rings (SSSR count). The maximum absolute atomic E-state index is 11.2. The van der Waals surface area contributed by atoms with E-state index in [9.17, 15) is 10.1 Å². The van der Waals surface area contributed by atoms with Crippen molar-refractivity contribution < 1.29 is 19.2 Å². The zero-order chi connectivity index (χ0) is 16.7. The zero-order valence-corrected chi connectivity index (χ0v) is 12.8. The van der Waals surface area contributed by atoms with Crippen molar-refractivity contribution in [2.24, 2.45) is 5.16 Å². The molecule has 120 valence electrons. The zero-order valence-electron chi connectivity index (χ0n) is 12.8. The molecule has 7 nitrogen and oxygen atoms in total. The molecule has 0 atom stereocenters. The number of rotatable bonds is 7. The summed E-state index contributed by atoms with van der Waals surface area (Å²) in [5, 5.41) is 14.9. The van der Waals surface area contributed by atoms with E-state index in [2.05, 4.69) is 5.16 Å². The highest BCUT2D eigenvalue weighted by Gasteiger charge is 2.18. The van der Waals surface area contributed by atoms with Crippen molar-refractivity contribution in [1.29, 1.82) is 0 Å². The van der Waals surface area contributed by atoms with Gasteiger partial charge in [-0.1, -0.05) is 35.5 Å². The van der Waals surface area contributed by atoms with Crippen molar-refractivity contribution in [1.82, 2.24) is 0 Å². The van der Waals surface area contributed by atoms with Crippen LogP contribution in [0.5, 0.6) is 11.5 Å². The smallest absolute Gasteiger partial charge is 0.282 e. The van der Waals surface area contributed by atoms with E-state index in [4.69, 9.17) is 14.3 Å². The lowest BCUT2D eigenvalue weighted by Crippen LogP contribution is -1.99.